The number of alkyl carbamates (subject to hydrolysis) is 1. The van der Waals surface area contributed by atoms with Gasteiger partial charge in [0.1, 0.15) is 11.6 Å². The van der Waals surface area contributed by atoms with E-state index in [-0.39, 0.29) is 36.4 Å². The normalized spacial score (nSPS) is 21.3. The molecular weight excluding hydrogens is 590 g/mol. The summed E-state index contributed by atoms with van der Waals surface area (Å²) in [7, 11) is 0. The summed E-state index contributed by atoms with van der Waals surface area (Å²) in [6.45, 7) is 6.97. The molecule has 1 saturated heterocycles. The van der Waals surface area contributed by atoms with Gasteiger partial charge in [0.25, 0.3) is 5.91 Å². The summed E-state index contributed by atoms with van der Waals surface area (Å²) in [5, 5.41) is 11.0. The SMILES string of the molecule is CC(C)(C)OC(=O)NCc1ccc(CO[C@H]2CC[C@H](NC(=O)NCc3ccc4c(c3)CN(C3CCC(=O)NC3=O)C4=O)CC2)cc1. The smallest absolute Gasteiger partial charge is 0.407 e. The van der Waals surface area contributed by atoms with E-state index in [0.29, 0.717) is 38.2 Å². The van der Waals surface area contributed by atoms with Gasteiger partial charge in [-0.2, -0.15) is 0 Å². The number of carbonyl (C=O) groups is 5. The topological polar surface area (TPSA) is 155 Å². The summed E-state index contributed by atoms with van der Waals surface area (Å²) in [5.74, 6) is -0.970. The first-order chi connectivity index (χ1) is 21.9. The molecule has 0 spiro atoms. The third-order valence-corrected chi connectivity index (χ3v) is 8.39. The van der Waals surface area contributed by atoms with Crippen molar-refractivity contribution in [2.45, 2.75) is 109 Å². The van der Waals surface area contributed by atoms with Gasteiger partial charge >= 0.3 is 12.1 Å². The van der Waals surface area contributed by atoms with Gasteiger partial charge in [-0.05, 0) is 81.2 Å². The lowest BCUT2D eigenvalue weighted by Crippen LogP contribution is -2.52. The van der Waals surface area contributed by atoms with Crippen LogP contribution in [0.25, 0.3) is 0 Å². The Morgan fingerprint density at radius 2 is 1.57 bits per heavy atom. The minimum atomic E-state index is -0.654. The first-order valence-electron chi connectivity index (χ1n) is 15.9. The number of nitrogens with one attached hydrogen (secondary N) is 4. The molecule has 0 aromatic heterocycles. The first kappa shape index (κ1) is 32.9. The van der Waals surface area contributed by atoms with Gasteiger partial charge in [-0.3, -0.25) is 19.7 Å². The highest BCUT2D eigenvalue weighted by Crippen LogP contribution is 2.28. The number of ether oxygens (including phenoxy) is 2. The van der Waals surface area contributed by atoms with Crippen LogP contribution in [0.2, 0.25) is 0 Å². The van der Waals surface area contributed by atoms with Crippen molar-refractivity contribution in [2.24, 2.45) is 0 Å². The Hall–Kier alpha value is -4.45. The quantitative estimate of drug-likeness (QED) is 0.306. The highest BCUT2D eigenvalue weighted by atomic mass is 16.6. The maximum atomic E-state index is 12.9. The van der Waals surface area contributed by atoms with E-state index in [1.54, 1.807) is 6.07 Å². The highest BCUT2D eigenvalue weighted by molar-refractivity contribution is 6.05. The van der Waals surface area contributed by atoms with Crippen molar-refractivity contribution >= 4 is 29.8 Å². The average molecular weight is 634 g/mol. The molecule has 6 amide bonds. The summed E-state index contributed by atoms with van der Waals surface area (Å²) >= 11 is 0. The fourth-order valence-corrected chi connectivity index (χ4v) is 5.99. The second-order valence-corrected chi connectivity index (χ2v) is 13.2. The van der Waals surface area contributed by atoms with Gasteiger partial charge in [-0.1, -0.05) is 36.4 Å². The summed E-state index contributed by atoms with van der Waals surface area (Å²) in [5.41, 5.74) is 3.70. The van der Waals surface area contributed by atoms with Crippen LogP contribution in [-0.4, -0.2) is 58.5 Å². The molecule has 3 aliphatic rings. The van der Waals surface area contributed by atoms with E-state index >= 15 is 0 Å². The Morgan fingerprint density at radius 1 is 0.891 bits per heavy atom. The van der Waals surface area contributed by atoms with E-state index in [1.165, 1.54) is 4.90 Å². The van der Waals surface area contributed by atoms with E-state index in [9.17, 15) is 24.0 Å². The van der Waals surface area contributed by atoms with Gasteiger partial charge in [0.15, 0.2) is 0 Å². The lowest BCUT2D eigenvalue weighted by atomic mass is 9.93. The summed E-state index contributed by atoms with van der Waals surface area (Å²) < 4.78 is 11.4. The molecule has 1 atom stereocenters. The third-order valence-electron chi connectivity index (χ3n) is 8.39. The van der Waals surface area contributed by atoms with Crippen molar-refractivity contribution in [3.05, 3.63) is 70.3 Å². The molecule has 2 aromatic rings. The number of amides is 6. The summed E-state index contributed by atoms with van der Waals surface area (Å²) in [6.07, 6.45) is 3.57. The highest BCUT2D eigenvalue weighted by Gasteiger charge is 2.39. The number of urea groups is 1. The number of nitrogens with zero attached hydrogens (tertiary/aromatic N) is 1. The molecule has 246 valence electrons. The summed E-state index contributed by atoms with van der Waals surface area (Å²) in [4.78, 5) is 62.7. The Kier molecular flexibility index (Phi) is 10.3. The largest absolute Gasteiger partial charge is 0.444 e. The van der Waals surface area contributed by atoms with E-state index in [0.717, 1.165) is 47.9 Å². The second-order valence-electron chi connectivity index (χ2n) is 13.2. The predicted octanol–water partition coefficient (Wildman–Crippen LogP) is 3.80. The van der Waals surface area contributed by atoms with Crippen LogP contribution in [0.4, 0.5) is 9.59 Å². The number of carbonyl (C=O) groups excluding carboxylic acids is 5. The van der Waals surface area contributed by atoms with Crippen molar-refractivity contribution < 1.29 is 33.4 Å². The number of imide groups is 1. The van der Waals surface area contributed by atoms with Crippen LogP contribution in [0.5, 0.6) is 0 Å². The molecule has 1 saturated carbocycles. The van der Waals surface area contributed by atoms with E-state index < -0.39 is 23.6 Å². The van der Waals surface area contributed by atoms with Crippen LogP contribution >= 0.6 is 0 Å². The molecule has 5 rings (SSSR count). The molecule has 1 unspecified atom stereocenters. The van der Waals surface area contributed by atoms with E-state index in [4.69, 9.17) is 9.47 Å². The van der Waals surface area contributed by atoms with Crippen molar-refractivity contribution in [3.8, 4) is 0 Å². The number of fused-ring (bicyclic) bond motifs is 1. The molecule has 1 aliphatic carbocycles. The Balaban J connectivity index is 0.987. The molecule has 2 fully saturated rings. The molecule has 0 bridgehead atoms. The van der Waals surface area contributed by atoms with Gasteiger partial charge in [0.05, 0.1) is 12.7 Å². The van der Waals surface area contributed by atoms with Crippen LogP contribution in [0.15, 0.2) is 42.5 Å². The Labute approximate surface area is 268 Å². The summed E-state index contributed by atoms with van der Waals surface area (Å²) in [6, 6.07) is 12.5. The molecule has 12 nitrogen and oxygen atoms in total. The lowest BCUT2D eigenvalue weighted by Gasteiger charge is -2.29. The second kappa shape index (κ2) is 14.3. The van der Waals surface area contributed by atoms with Crippen molar-refractivity contribution in [3.63, 3.8) is 0 Å². The molecule has 0 radical (unpaired) electrons. The van der Waals surface area contributed by atoms with Crippen LogP contribution < -0.4 is 21.3 Å². The van der Waals surface area contributed by atoms with Gasteiger partial charge in [0, 0.05) is 37.7 Å². The minimum Gasteiger partial charge on any atom is -0.444 e. The van der Waals surface area contributed by atoms with Crippen molar-refractivity contribution in [2.75, 3.05) is 0 Å². The van der Waals surface area contributed by atoms with Crippen LogP contribution in [0, 0.1) is 0 Å². The number of hydrogen-bond acceptors (Lipinski definition) is 7. The average Bonchev–Trinajstić information content (AvgIpc) is 3.33. The number of rotatable bonds is 9. The number of piperidine rings is 1. The fraction of sp³-hybridized carbons (Fsp3) is 0.500. The number of benzene rings is 2. The zero-order chi connectivity index (χ0) is 32.8. The van der Waals surface area contributed by atoms with E-state index in [1.807, 2.05) is 57.2 Å². The zero-order valence-electron chi connectivity index (χ0n) is 26.6. The predicted molar refractivity (Wildman–Crippen MR) is 168 cm³/mol. The van der Waals surface area contributed by atoms with Gasteiger partial charge < -0.3 is 30.3 Å². The zero-order valence-corrected chi connectivity index (χ0v) is 26.6. The third kappa shape index (κ3) is 8.84. The monoisotopic (exact) mass is 633 g/mol. The Bertz CT molecular complexity index is 1460. The maximum Gasteiger partial charge on any atom is 0.407 e. The minimum absolute atomic E-state index is 0.0660. The van der Waals surface area contributed by atoms with Gasteiger partial charge in [-0.15, -0.1) is 0 Å². The number of hydrogen-bond donors (Lipinski definition) is 4. The molecule has 4 N–H and O–H groups in total. The van der Waals surface area contributed by atoms with Crippen LogP contribution in [-0.2, 0) is 45.3 Å². The van der Waals surface area contributed by atoms with Gasteiger partial charge in [0.2, 0.25) is 11.8 Å². The molecular formula is C34H43N5O7. The molecule has 12 heteroatoms. The lowest BCUT2D eigenvalue weighted by molar-refractivity contribution is -0.136. The Morgan fingerprint density at radius 3 is 2.26 bits per heavy atom. The molecule has 2 aliphatic heterocycles. The van der Waals surface area contributed by atoms with Crippen molar-refractivity contribution in [1.29, 1.82) is 0 Å². The van der Waals surface area contributed by atoms with Crippen LogP contribution in [0.1, 0.15) is 91.9 Å². The molecule has 46 heavy (non-hydrogen) atoms. The van der Waals surface area contributed by atoms with E-state index in [2.05, 4.69) is 21.3 Å². The molecule has 2 aromatic carbocycles. The van der Waals surface area contributed by atoms with Crippen LogP contribution in [0.3, 0.4) is 0 Å². The fourth-order valence-electron chi connectivity index (χ4n) is 5.99. The van der Waals surface area contributed by atoms with Gasteiger partial charge in [-0.25, -0.2) is 9.59 Å². The maximum absolute atomic E-state index is 12.9. The first-order valence-corrected chi connectivity index (χ1v) is 15.9. The standard InChI is InChI=1S/C34H43N5O7/c1-34(2,3)46-33(44)36-17-21-4-6-22(7-5-21)20-45-26-11-9-25(10-12-26)37-32(43)35-18-23-8-13-27-24(16-23)19-39(31(27)42)28-14-15-29(40)38-30(28)41/h4-8,13,16,25-26,28H,9-12,14-15,17-20H2,1-3H3,(H,36,44)(H2,35,37,43)(H,38,40,41)/t25-,26-,28?. The van der Waals surface area contributed by atoms with Crippen molar-refractivity contribution in [1.82, 2.24) is 26.2 Å². The molecule has 2 heterocycles.